The third kappa shape index (κ3) is 4.97. The molecule has 0 aromatic heterocycles. The number of benzene rings is 2. The predicted octanol–water partition coefficient (Wildman–Crippen LogP) is 4.50. The van der Waals surface area contributed by atoms with Crippen molar-refractivity contribution in [2.24, 2.45) is 0 Å². The molecule has 1 atom stereocenters. The van der Waals surface area contributed by atoms with E-state index in [1.807, 2.05) is 18.2 Å². The van der Waals surface area contributed by atoms with Crippen LogP contribution in [0.1, 0.15) is 29.5 Å². The van der Waals surface area contributed by atoms with Crippen LogP contribution in [-0.2, 0) is 17.9 Å². The van der Waals surface area contributed by atoms with Crippen molar-refractivity contribution < 1.29 is 9.47 Å². The van der Waals surface area contributed by atoms with Crippen LogP contribution in [0.15, 0.2) is 42.5 Å². The summed E-state index contributed by atoms with van der Waals surface area (Å²) in [6, 6.07) is 14.2. The number of hydrogen-bond donors (Lipinski definition) is 1. The van der Waals surface area contributed by atoms with E-state index in [9.17, 15) is 0 Å². The van der Waals surface area contributed by atoms with Crippen molar-refractivity contribution in [2.45, 2.75) is 39.0 Å². The highest BCUT2D eigenvalue weighted by Gasteiger charge is 2.15. The van der Waals surface area contributed by atoms with Crippen LogP contribution < -0.4 is 10.1 Å². The monoisotopic (exact) mass is 345 g/mol. The van der Waals surface area contributed by atoms with E-state index in [4.69, 9.17) is 21.1 Å². The summed E-state index contributed by atoms with van der Waals surface area (Å²) in [6.45, 7) is 5.12. The molecule has 1 N–H and O–H groups in total. The van der Waals surface area contributed by atoms with Gasteiger partial charge in [0.15, 0.2) is 0 Å². The molecule has 0 radical (unpaired) electrons. The molecule has 2 aromatic carbocycles. The fourth-order valence-corrected chi connectivity index (χ4v) is 3.04. The second-order valence-corrected chi connectivity index (χ2v) is 6.73. The van der Waals surface area contributed by atoms with Gasteiger partial charge in [-0.05, 0) is 43.5 Å². The summed E-state index contributed by atoms with van der Waals surface area (Å²) in [5.74, 6) is 0.875. The van der Waals surface area contributed by atoms with Crippen LogP contribution in [-0.4, -0.2) is 19.3 Å². The molecule has 1 aliphatic rings. The largest absolute Gasteiger partial charge is 0.489 e. The Morgan fingerprint density at radius 1 is 1.21 bits per heavy atom. The first-order valence-corrected chi connectivity index (χ1v) is 8.87. The molecule has 0 spiro atoms. The van der Waals surface area contributed by atoms with Gasteiger partial charge in [-0.2, -0.15) is 0 Å². The summed E-state index contributed by atoms with van der Waals surface area (Å²) in [5, 5.41) is 4.18. The number of ether oxygens (including phenoxy) is 2. The van der Waals surface area contributed by atoms with E-state index in [1.54, 1.807) is 0 Å². The standard InChI is InChI=1S/C20H24ClNO2/c1-15-4-6-16(7-5-15)14-24-20-9-8-18(21)11-17(20)12-22-13-19-3-2-10-23-19/h4-9,11,19,22H,2-3,10,12-14H2,1H3/t19-/m1/s1. The van der Waals surface area contributed by atoms with Crippen molar-refractivity contribution in [1.82, 2.24) is 5.32 Å². The summed E-state index contributed by atoms with van der Waals surface area (Å²) in [6.07, 6.45) is 2.63. The lowest BCUT2D eigenvalue weighted by Crippen LogP contribution is -2.26. The maximum Gasteiger partial charge on any atom is 0.124 e. The average molecular weight is 346 g/mol. The zero-order valence-corrected chi connectivity index (χ0v) is 14.8. The van der Waals surface area contributed by atoms with E-state index < -0.39 is 0 Å². The van der Waals surface area contributed by atoms with Crippen LogP contribution in [0, 0.1) is 6.92 Å². The molecular weight excluding hydrogens is 322 g/mol. The number of rotatable bonds is 7. The predicted molar refractivity (Wildman–Crippen MR) is 97.6 cm³/mol. The van der Waals surface area contributed by atoms with Crippen LogP contribution in [0.3, 0.4) is 0 Å². The van der Waals surface area contributed by atoms with E-state index in [2.05, 4.69) is 36.5 Å². The first-order valence-electron chi connectivity index (χ1n) is 8.50. The van der Waals surface area contributed by atoms with E-state index in [0.717, 1.165) is 54.4 Å². The van der Waals surface area contributed by atoms with Crippen LogP contribution in [0.4, 0.5) is 0 Å². The van der Waals surface area contributed by atoms with E-state index in [0.29, 0.717) is 12.7 Å². The molecule has 24 heavy (non-hydrogen) atoms. The maximum atomic E-state index is 6.15. The number of nitrogens with one attached hydrogen (secondary N) is 1. The van der Waals surface area contributed by atoms with Crippen molar-refractivity contribution in [3.05, 3.63) is 64.2 Å². The lowest BCUT2D eigenvalue weighted by molar-refractivity contribution is 0.110. The number of hydrogen-bond acceptors (Lipinski definition) is 3. The zero-order chi connectivity index (χ0) is 16.8. The average Bonchev–Trinajstić information content (AvgIpc) is 3.09. The van der Waals surface area contributed by atoms with Crippen molar-refractivity contribution >= 4 is 11.6 Å². The summed E-state index contributed by atoms with van der Waals surface area (Å²) in [4.78, 5) is 0. The Morgan fingerprint density at radius 2 is 2.04 bits per heavy atom. The normalized spacial score (nSPS) is 17.2. The molecule has 0 amide bonds. The minimum absolute atomic E-state index is 0.334. The molecule has 0 saturated carbocycles. The lowest BCUT2D eigenvalue weighted by Gasteiger charge is -2.15. The van der Waals surface area contributed by atoms with Gasteiger partial charge in [-0.3, -0.25) is 0 Å². The molecule has 3 nitrogen and oxygen atoms in total. The molecule has 1 saturated heterocycles. The Labute approximate surface area is 148 Å². The lowest BCUT2D eigenvalue weighted by atomic mass is 10.1. The highest BCUT2D eigenvalue weighted by molar-refractivity contribution is 6.30. The van der Waals surface area contributed by atoms with Gasteiger partial charge in [-0.1, -0.05) is 41.4 Å². The summed E-state index contributed by atoms with van der Waals surface area (Å²) < 4.78 is 11.7. The molecule has 128 valence electrons. The van der Waals surface area contributed by atoms with Crippen molar-refractivity contribution in [2.75, 3.05) is 13.2 Å². The molecule has 3 rings (SSSR count). The van der Waals surface area contributed by atoms with Crippen LogP contribution in [0.2, 0.25) is 5.02 Å². The molecular formula is C20H24ClNO2. The topological polar surface area (TPSA) is 30.5 Å². The molecule has 2 aromatic rings. The molecule has 1 fully saturated rings. The smallest absolute Gasteiger partial charge is 0.124 e. The summed E-state index contributed by atoms with van der Waals surface area (Å²) in [7, 11) is 0. The number of halogens is 1. The molecule has 0 unspecified atom stereocenters. The highest BCUT2D eigenvalue weighted by atomic mass is 35.5. The van der Waals surface area contributed by atoms with Crippen molar-refractivity contribution in [3.8, 4) is 5.75 Å². The van der Waals surface area contributed by atoms with Crippen LogP contribution in [0.25, 0.3) is 0 Å². The third-order valence-corrected chi connectivity index (χ3v) is 4.48. The van der Waals surface area contributed by atoms with E-state index in [1.165, 1.54) is 5.56 Å². The van der Waals surface area contributed by atoms with Gasteiger partial charge in [-0.25, -0.2) is 0 Å². The molecule has 0 bridgehead atoms. The van der Waals surface area contributed by atoms with E-state index >= 15 is 0 Å². The molecule has 1 aliphatic heterocycles. The fourth-order valence-electron chi connectivity index (χ4n) is 2.85. The van der Waals surface area contributed by atoms with Gasteiger partial charge < -0.3 is 14.8 Å². The quantitative estimate of drug-likeness (QED) is 0.801. The van der Waals surface area contributed by atoms with Gasteiger partial charge in [0.25, 0.3) is 0 Å². The Kier molecular flexibility index (Phi) is 6.13. The first-order chi connectivity index (χ1) is 11.7. The van der Waals surface area contributed by atoms with Gasteiger partial charge >= 0.3 is 0 Å². The Balaban J connectivity index is 1.58. The van der Waals surface area contributed by atoms with Gasteiger partial charge in [0, 0.05) is 30.3 Å². The second kappa shape index (κ2) is 8.52. The molecule has 4 heteroatoms. The minimum Gasteiger partial charge on any atom is -0.489 e. The van der Waals surface area contributed by atoms with Crippen molar-refractivity contribution in [1.29, 1.82) is 0 Å². The SMILES string of the molecule is Cc1ccc(COc2ccc(Cl)cc2CNC[C@H]2CCCO2)cc1. The maximum absolute atomic E-state index is 6.15. The van der Waals surface area contributed by atoms with Gasteiger partial charge in [-0.15, -0.1) is 0 Å². The first kappa shape index (κ1) is 17.3. The Bertz CT molecular complexity index is 651. The van der Waals surface area contributed by atoms with E-state index in [-0.39, 0.29) is 0 Å². The summed E-state index contributed by atoms with van der Waals surface area (Å²) >= 11 is 6.15. The van der Waals surface area contributed by atoms with Crippen LogP contribution in [0.5, 0.6) is 5.75 Å². The van der Waals surface area contributed by atoms with Crippen LogP contribution >= 0.6 is 11.6 Å². The van der Waals surface area contributed by atoms with Gasteiger partial charge in [0.05, 0.1) is 6.10 Å². The Morgan fingerprint density at radius 3 is 2.79 bits per heavy atom. The molecule has 1 heterocycles. The zero-order valence-electron chi connectivity index (χ0n) is 14.1. The number of aryl methyl sites for hydroxylation is 1. The van der Waals surface area contributed by atoms with Gasteiger partial charge in [0.2, 0.25) is 0 Å². The fraction of sp³-hybridized carbons (Fsp3) is 0.400. The van der Waals surface area contributed by atoms with Gasteiger partial charge in [0.1, 0.15) is 12.4 Å². The summed E-state index contributed by atoms with van der Waals surface area (Å²) in [5.41, 5.74) is 3.49. The Hall–Kier alpha value is -1.55. The molecule has 0 aliphatic carbocycles. The highest BCUT2D eigenvalue weighted by Crippen LogP contribution is 2.24. The second-order valence-electron chi connectivity index (χ2n) is 6.29. The van der Waals surface area contributed by atoms with Crippen molar-refractivity contribution in [3.63, 3.8) is 0 Å². The minimum atomic E-state index is 0.334. The third-order valence-electron chi connectivity index (χ3n) is 4.25.